The average molecular weight is 480 g/mol. The number of aromatic nitrogens is 1. The van der Waals surface area contributed by atoms with E-state index < -0.39 is 11.7 Å². The van der Waals surface area contributed by atoms with Gasteiger partial charge in [-0.25, -0.2) is 0 Å². The summed E-state index contributed by atoms with van der Waals surface area (Å²) in [5.74, 6) is -0.0983. The van der Waals surface area contributed by atoms with Crippen molar-refractivity contribution in [3.63, 3.8) is 0 Å². The number of nitrogens with zero attached hydrogens (tertiary/aromatic N) is 1. The smallest absolute Gasteiger partial charge is 0.329 e. The number of halogens is 3. The molecule has 0 atom stereocenters. The van der Waals surface area contributed by atoms with Crippen molar-refractivity contribution in [2.45, 2.75) is 26.9 Å². The van der Waals surface area contributed by atoms with Gasteiger partial charge in [-0.3, -0.25) is 14.6 Å². The van der Waals surface area contributed by atoms with Crippen molar-refractivity contribution in [3.8, 4) is 0 Å². The molecule has 4 aromatic rings. The standard InChI is InChI=1S/C19H18N2O.C8H6F3NO/c1-12-4-5-14(3)18(10-12)21-19(22)15-6-7-17-16(11-15)13(2)8-9-20-17;9-8(10,11)6-2-1-3-7(4-6)12-5-13/h4-11H,1-3H3,(H,21,22);1-5H,(H,12,13). The second-order valence-corrected chi connectivity index (χ2v) is 7.97. The molecule has 0 saturated heterocycles. The fourth-order valence-corrected chi connectivity index (χ4v) is 3.34. The van der Waals surface area contributed by atoms with E-state index in [0.717, 1.165) is 45.4 Å². The van der Waals surface area contributed by atoms with E-state index >= 15 is 0 Å². The number of nitrogens with one attached hydrogen (secondary N) is 2. The molecule has 0 aliphatic carbocycles. The van der Waals surface area contributed by atoms with Crippen molar-refractivity contribution < 1.29 is 22.8 Å². The van der Waals surface area contributed by atoms with Crippen molar-refractivity contribution in [2.24, 2.45) is 0 Å². The molecule has 5 nitrogen and oxygen atoms in total. The Kier molecular flexibility index (Phi) is 7.86. The first kappa shape index (κ1) is 25.4. The highest BCUT2D eigenvalue weighted by atomic mass is 19.4. The number of aryl methyl sites for hydroxylation is 3. The Labute approximate surface area is 201 Å². The molecule has 0 bridgehead atoms. The van der Waals surface area contributed by atoms with Crippen LogP contribution in [0.1, 0.15) is 32.6 Å². The van der Waals surface area contributed by atoms with Crippen LogP contribution in [0.3, 0.4) is 0 Å². The Morgan fingerprint density at radius 1 is 0.914 bits per heavy atom. The van der Waals surface area contributed by atoms with Crippen molar-refractivity contribution in [3.05, 3.63) is 101 Å². The van der Waals surface area contributed by atoms with Crippen LogP contribution in [0.25, 0.3) is 10.9 Å². The van der Waals surface area contributed by atoms with Crippen LogP contribution in [0, 0.1) is 20.8 Å². The maximum atomic E-state index is 12.5. The molecule has 35 heavy (non-hydrogen) atoms. The molecular formula is C27H24F3N3O2. The van der Waals surface area contributed by atoms with Crippen molar-refractivity contribution in [1.82, 2.24) is 4.98 Å². The lowest BCUT2D eigenvalue weighted by Crippen LogP contribution is -2.13. The minimum atomic E-state index is -4.37. The molecule has 2 amide bonds. The normalized spacial score (nSPS) is 10.8. The Balaban J connectivity index is 0.000000225. The fourth-order valence-electron chi connectivity index (χ4n) is 3.34. The van der Waals surface area contributed by atoms with Gasteiger partial charge in [-0.2, -0.15) is 13.2 Å². The van der Waals surface area contributed by atoms with Gasteiger partial charge in [-0.15, -0.1) is 0 Å². The molecule has 0 saturated carbocycles. The fraction of sp³-hybridized carbons (Fsp3) is 0.148. The number of amides is 2. The van der Waals surface area contributed by atoms with E-state index in [-0.39, 0.29) is 11.6 Å². The Bertz CT molecular complexity index is 1370. The average Bonchev–Trinajstić information content (AvgIpc) is 2.82. The molecule has 8 heteroatoms. The molecule has 0 unspecified atom stereocenters. The Hall–Kier alpha value is -4.20. The van der Waals surface area contributed by atoms with Crippen LogP contribution in [0.5, 0.6) is 0 Å². The maximum absolute atomic E-state index is 12.5. The third kappa shape index (κ3) is 6.66. The number of hydrogen-bond donors (Lipinski definition) is 2. The second kappa shape index (κ2) is 10.8. The minimum Gasteiger partial charge on any atom is -0.329 e. The highest BCUT2D eigenvalue weighted by molar-refractivity contribution is 6.06. The van der Waals surface area contributed by atoms with Gasteiger partial charge in [-0.1, -0.05) is 18.2 Å². The lowest BCUT2D eigenvalue weighted by molar-refractivity contribution is -0.137. The van der Waals surface area contributed by atoms with Crippen molar-refractivity contribution >= 4 is 34.6 Å². The monoisotopic (exact) mass is 479 g/mol. The van der Waals surface area contributed by atoms with Crippen molar-refractivity contribution in [2.75, 3.05) is 10.6 Å². The van der Waals surface area contributed by atoms with Crippen LogP contribution in [0.2, 0.25) is 0 Å². The molecule has 1 heterocycles. The molecule has 3 aromatic carbocycles. The molecular weight excluding hydrogens is 455 g/mol. The van der Waals surface area contributed by atoms with E-state index in [1.54, 1.807) is 6.20 Å². The number of pyridine rings is 1. The van der Waals surface area contributed by atoms with Gasteiger partial charge in [0.25, 0.3) is 5.91 Å². The van der Waals surface area contributed by atoms with E-state index in [4.69, 9.17) is 0 Å². The first-order chi connectivity index (χ1) is 16.6. The number of fused-ring (bicyclic) bond motifs is 1. The van der Waals surface area contributed by atoms with Gasteiger partial charge in [-0.05, 0) is 86.0 Å². The van der Waals surface area contributed by atoms with Gasteiger partial charge >= 0.3 is 6.18 Å². The summed E-state index contributed by atoms with van der Waals surface area (Å²) in [6.45, 7) is 6.03. The summed E-state index contributed by atoms with van der Waals surface area (Å²) in [5.41, 5.74) is 5.05. The zero-order valence-electron chi connectivity index (χ0n) is 19.4. The summed E-state index contributed by atoms with van der Waals surface area (Å²) in [5, 5.41) is 6.14. The highest BCUT2D eigenvalue weighted by Crippen LogP contribution is 2.30. The maximum Gasteiger partial charge on any atom is 0.416 e. The number of carbonyl (C=O) groups is 2. The SMILES string of the molecule is Cc1ccc(C)c(NC(=O)c2ccc3nccc(C)c3c2)c1.O=CNc1cccc(C(F)(F)F)c1. The van der Waals surface area contributed by atoms with Crippen LogP contribution in [0.4, 0.5) is 24.5 Å². The molecule has 0 spiro atoms. The van der Waals surface area contributed by atoms with E-state index in [2.05, 4.69) is 15.6 Å². The number of benzene rings is 3. The summed E-state index contributed by atoms with van der Waals surface area (Å²) < 4.78 is 36.3. The molecule has 0 radical (unpaired) electrons. The number of anilines is 2. The Morgan fingerprint density at radius 2 is 1.69 bits per heavy atom. The summed E-state index contributed by atoms with van der Waals surface area (Å²) in [6, 6.07) is 18.0. The molecule has 0 aliphatic heterocycles. The number of rotatable bonds is 4. The van der Waals surface area contributed by atoms with E-state index in [0.29, 0.717) is 12.0 Å². The van der Waals surface area contributed by atoms with Gasteiger partial charge in [0.1, 0.15) is 0 Å². The zero-order valence-corrected chi connectivity index (χ0v) is 19.4. The predicted molar refractivity (Wildman–Crippen MR) is 131 cm³/mol. The number of carbonyl (C=O) groups excluding carboxylic acids is 2. The van der Waals surface area contributed by atoms with Crippen LogP contribution in [0.15, 0.2) is 72.9 Å². The van der Waals surface area contributed by atoms with Crippen LogP contribution in [-0.2, 0) is 11.0 Å². The van der Waals surface area contributed by atoms with Gasteiger partial charge in [0.2, 0.25) is 6.41 Å². The minimum absolute atomic E-state index is 0.0983. The lowest BCUT2D eigenvalue weighted by Gasteiger charge is -2.10. The topological polar surface area (TPSA) is 71.1 Å². The number of hydrogen-bond acceptors (Lipinski definition) is 3. The number of alkyl halides is 3. The molecule has 1 aromatic heterocycles. The van der Waals surface area contributed by atoms with E-state index in [1.165, 1.54) is 12.1 Å². The first-order valence-electron chi connectivity index (χ1n) is 10.7. The molecule has 0 fully saturated rings. The highest BCUT2D eigenvalue weighted by Gasteiger charge is 2.30. The third-order valence-corrected chi connectivity index (χ3v) is 5.28. The molecule has 4 rings (SSSR count). The predicted octanol–water partition coefficient (Wildman–Crippen LogP) is 6.69. The van der Waals surface area contributed by atoms with Gasteiger partial charge in [0.05, 0.1) is 11.1 Å². The first-order valence-corrected chi connectivity index (χ1v) is 10.7. The van der Waals surface area contributed by atoms with Gasteiger partial charge in [0.15, 0.2) is 0 Å². The lowest BCUT2D eigenvalue weighted by atomic mass is 10.1. The van der Waals surface area contributed by atoms with Gasteiger partial charge < -0.3 is 10.6 Å². The van der Waals surface area contributed by atoms with Gasteiger partial charge in [0, 0.05) is 28.5 Å². The molecule has 180 valence electrons. The molecule has 0 aliphatic rings. The van der Waals surface area contributed by atoms with E-state index in [1.807, 2.05) is 63.2 Å². The Morgan fingerprint density at radius 3 is 2.40 bits per heavy atom. The largest absolute Gasteiger partial charge is 0.416 e. The quantitative estimate of drug-likeness (QED) is 0.321. The third-order valence-electron chi connectivity index (χ3n) is 5.28. The van der Waals surface area contributed by atoms with Crippen LogP contribution < -0.4 is 10.6 Å². The molecule has 2 N–H and O–H groups in total. The van der Waals surface area contributed by atoms with Crippen LogP contribution in [-0.4, -0.2) is 17.3 Å². The second-order valence-electron chi connectivity index (χ2n) is 7.97. The summed E-state index contributed by atoms with van der Waals surface area (Å²) in [7, 11) is 0. The summed E-state index contributed by atoms with van der Waals surface area (Å²) >= 11 is 0. The zero-order chi connectivity index (χ0) is 25.6. The van der Waals surface area contributed by atoms with Crippen molar-refractivity contribution in [1.29, 1.82) is 0 Å². The summed E-state index contributed by atoms with van der Waals surface area (Å²) in [6.07, 6.45) is -2.26. The van der Waals surface area contributed by atoms with Crippen LogP contribution >= 0.6 is 0 Å². The summed E-state index contributed by atoms with van der Waals surface area (Å²) in [4.78, 5) is 26.8. The van der Waals surface area contributed by atoms with E-state index in [9.17, 15) is 22.8 Å².